The summed E-state index contributed by atoms with van der Waals surface area (Å²) in [4.78, 5) is 16.6. The number of carbonyl (C=O) groups is 1. The third-order valence-electron chi connectivity index (χ3n) is 3.81. The zero-order valence-electron chi connectivity index (χ0n) is 11.8. The molecule has 106 valence electrons. The number of carbonyl (C=O) groups excluding carboxylic acids is 1. The molecule has 20 heavy (non-hydrogen) atoms. The number of aromatic nitrogens is 1. The molecule has 0 spiro atoms. The van der Waals surface area contributed by atoms with Crippen molar-refractivity contribution in [1.29, 1.82) is 0 Å². The molecule has 2 aromatic rings. The summed E-state index contributed by atoms with van der Waals surface area (Å²) in [5.41, 5.74) is 2.29. The Bertz CT molecular complexity index is 635. The number of hydrogen-bond acceptors (Lipinski definition) is 4. The number of hydrogen-bond donors (Lipinski definition) is 2. The van der Waals surface area contributed by atoms with Crippen LogP contribution in [0.5, 0.6) is 0 Å². The van der Waals surface area contributed by atoms with Crippen molar-refractivity contribution in [3.05, 3.63) is 29.7 Å². The average Bonchev–Trinajstić information content (AvgIpc) is 2.84. The summed E-state index contributed by atoms with van der Waals surface area (Å²) in [7, 11) is 0. The molecular weight excluding hydrogens is 254 g/mol. The summed E-state index contributed by atoms with van der Waals surface area (Å²) in [5, 5.41) is 6.40. The monoisotopic (exact) mass is 273 g/mol. The predicted molar refractivity (Wildman–Crippen MR) is 76.7 cm³/mol. The Labute approximate surface area is 117 Å². The average molecular weight is 273 g/mol. The van der Waals surface area contributed by atoms with E-state index in [4.69, 9.17) is 4.42 Å². The van der Waals surface area contributed by atoms with Crippen LogP contribution in [0.4, 0.5) is 0 Å². The minimum atomic E-state index is -0.166. The highest BCUT2D eigenvalue weighted by atomic mass is 16.3. The summed E-state index contributed by atoms with van der Waals surface area (Å²) >= 11 is 0. The SMILES string of the molecule is Cc1ccc2oc(C(=O)NC3CCCNC3C)cc2n1. The van der Waals surface area contributed by atoms with Crippen molar-refractivity contribution in [3.63, 3.8) is 0 Å². The Morgan fingerprint density at radius 3 is 3.15 bits per heavy atom. The predicted octanol–water partition coefficient (Wildman–Crippen LogP) is 2.01. The molecule has 0 bridgehead atoms. The minimum Gasteiger partial charge on any atom is -0.449 e. The van der Waals surface area contributed by atoms with Gasteiger partial charge in [0.1, 0.15) is 5.52 Å². The lowest BCUT2D eigenvalue weighted by atomic mass is 10.00. The molecule has 2 aromatic heterocycles. The highest BCUT2D eigenvalue weighted by molar-refractivity contribution is 5.95. The summed E-state index contributed by atoms with van der Waals surface area (Å²) in [5.74, 6) is 0.164. The van der Waals surface area contributed by atoms with Gasteiger partial charge in [0.2, 0.25) is 0 Å². The van der Waals surface area contributed by atoms with Crippen LogP contribution >= 0.6 is 0 Å². The number of rotatable bonds is 2. The van der Waals surface area contributed by atoms with Crippen LogP contribution in [0.1, 0.15) is 36.0 Å². The van der Waals surface area contributed by atoms with Gasteiger partial charge in [-0.3, -0.25) is 4.79 Å². The Morgan fingerprint density at radius 1 is 1.50 bits per heavy atom. The van der Waals surface area contributed by atoms with E-state index in [9.17, 15) is 4.79 Å². The van der Waals surface area contributed by atoms with Crippen molar-refractivity contribution in [1.82, 2.24) is 15.6 Å². The Hall–Kier alpha value is -1.88. The largest absolute Gasteiger partial charge is 0.449 e. The van der Waals surface area contributed by atoms with Crippen molar-refractivity contribution in [2.24, 2.45) is 0 Å². The molecule has 0 radical (unpaired) electrons. The molecule has 2 unspecified atom stereocenters. The van der Waals surface area contributed by atoms with E-state index in [1.165, 1.54) is 0 Å². The maximum Gasteiger partial charge on any atom is 0.287 e. The van der Waals surface area contributed by atoms with Crippen molar-refractivity contribution in [3.8, 4) is 0 Å². The topological polar surface area (TPSA) is 67.2 Å². The number of amides is 1. The third-order valence-corrected chi connectivity index (χ3v) is 3.81. The fourth-order valence-corrected chi connectivity index (χ4v) is 2.62. The standard InChI is InChI=1S/C15H19N3O2/c1-9-5-6-13-12(17-9)8-14(20-13)15(19)18-11-4-3-7-16-10(11)2/h5-6,8,10-11,16H,3-4,7H2,1-2H3,(H,18,19). The van der Waals surface area contributed by atoms with Gasteiger partial charge in [0, 0.05) is 23.8 Å². The third kappa shape index (κ3) is 2.54. The fraction of sp³-hybridized carbons (Fsp3) is 0.467. The molecule has 5 heteroatoms. The van der Waals surface area contributed by atoms with E-state index in [2.05, 4.69) is 22.5 Å². The van der Waals surface area contributed by atoms with Crippen LogP contribution < -0.4 is 10.6 Å². The quantitative estimate of drug-likeness (QED) is 0.878. The van der Waals surface area contributed by atoms with Gasteiger partial charge in [-0.05, 0) is 45.4 Å². The van der Waals surface area contributed by atoms with Gasteiger partial charge in [0.15, 0.2) is 11.3 Å². The van der Waals surface area contributed by atoms with E-state index in [1.54, 1.807) is 6.07 Å². The summed E-state index contributed by atoms with van der Waals surface area (Å²) in [6.45, 7) is 5.02. The molecule has 0 saturated carbocycles. The van der Waals surface area contributed by atoms with Crippen LogP contribution in [-0.2, 0) is 0 Å². The number of piperidine rings is 1. The first-order valence-electron chi connectivity index (χ1n) is 7.05. The molecule has 3 rings (SSSR count). The van der Waals surface area contributed by atoms with Gasteiger partial charge in [-0.1, -0.05) is 0 Å². The number of furan rings is 1. The second kappa shape index (κ2) is 5.25. The van der Waals surface area contributed by atoms with Crippen LogP contribution in [0.25, 0.3) is 11.1 Å². The van der Waals surface area contributed by atoms with E-state index in [-0.39, 0.29) is 18.0 Å². The van der Waals surface area contributed by atoms with Crippen LogP contribution in [0.2, 0.25) is 0 Å². The van der Waals surface area contributed by atoms with Gasteiger partial charge < -0.3 is 15.1 Å². The number of nitrogens with zero attached hydrogens (tertiary/aromatic N) is 1. The number of nitrogens with one attached hydrogen (secondary N) is 2. The summed E-state index contributed by atoms with van der Waals surface area (Å²) in [6, 6.07) is 5.87. The van der Waals surface area contributed by atoms with Crippen molar-refractivity contribution < 1.29 is 9.21 Å². The molecule has 5 nitrogen and oxygen atoms in total. The van der Waals surface area contributed by atoms with E-state index in [0.29, 0.717) is 11.3 Å². The first-order chi connectivity index (χ1) is 9.63. The van der Waals surface area contributed by atoms with Crippen molar-refractivity contribution in [2.45, 2.75) is 38.8 Å². The molecule has 1 aliphatic rings. The van der Waals surface area contributed by atoms with Gasteiger partial charge in [-0.2, -0.15) is 0 Å². The Balaban J connectivity index is 1.78. The van der Waals surface area contributed by atoms with Crippen LogP contribution in [0.3, 0.4) is 0 Å². The lowest BCUT2D eigenvalue weighted by Gasteiger charge is -2.30. The number of aryl methyl sites for hydroxylation is 1. The molecule has 0 aromatic carbocycles. The first kappa shape index (κ1) is 13.1. The van der Waals surface area contributed by atoms with Crippen LogP contribution in [0, 0.1) is 6.92 Å². The molecule has 0 aliphatic carbocycles. The molecule has 1 fully saturated rings. The lowest BCUT2D eigenvalue weighted by Crippen LogP contribution is -2.51. The Morgan fingerprint density at radius 2 is 2.35 bits per heavy atom. The summed E-state index contributed by atoms with van der Waals surface area (Å²) in [6.07, 6.45) is 2.08. The van der Waals surface area contributed by atoms with Gasteiger partial charge in [0.05, 0.1) is 0 Å². The zero-order valence-corrected chi connectivity index (χ0v) is 11.8. The normalized spacial score (nSPS) is 22.9. The van der Waals surface area contributed by atoms with Crippen molar-refractivity contribution >= 4 is 17.0 Å². The van der Waals surface area contributed by atoms with Gasteiger partial charge in [-0.25, -0.2) is 4.98 Å². The second-order valence-electron chi connectivity index (χ2n) is 5.41. The fourth-order valence-electron chi connectivity index (χ4n) is 2.62. The summed E-state index contributed by atoms with van der Waals surface area (Å²) < 4.78 is 5.57. The van der Waals surface area contributed by atoms with Crippen molar-refractivity contribution in [2.75, 3.05) is 6.54 Å². The molecule has 3 heterocycles. The lowest BCUT2D eigenvalue weighted by molar-refractivity contribution is 0.0894. The van der Waals surface area contributed by atoms with E-state index < -0.39 is 0 Å². The molecule has 1 amide bonds. The van der Waals surface area contributed by atoms with Crippen LogP contribution in [-0.4, -0.2) is 29.5 Å². The first-order valence-corrected chi connectivity index (χ1v) is 7.05. The number of fused-ring (bicyclic) bond motifs is 1. The molecular formula is C15H19N3O2. The van der Waals surface area contributed by atoms with Gasteiger partial charge >= 0.3 is 0 Å². The van der Waals surface area contributed by atoms with Crippen LogP contribution in [0.15, 0.2) is 22.6 Å². The molecule has 2 N–H and O–H groups in total. The Kier molecular flexibility index (Phi) is 3.44. The van der Waals surface area contributed by atoms with E-state index >= 15 is 0 Å². The maximum atomic E-state index is 12.3. The molecule has 2 atom stereocenters. The highest BCUT2D eigenvalue weighted by Gasteiger charge is 2.24. The zero-order chi connectivity index (χ0) is 14.1. The molecule has 1 saturated heterocycles. The van der Waals surface area contributed by atoms with E-state index in [1.807, 2.05) is 19.1 Å². The smallest absolute Gasteiger partial charge is 0.287 e. The number of pyridine rings is 1. The van der Waals surface area contributed by atoms with Gasteiger partial charge in [0.25, 0.3) is 5.91 Å². The van der Waals surface area contributed by atoms with Gasteiger partial charge in [-0.15, -0.1) is 0 Å². The second-order valence-corrected chi connectivity index (χ2v) is 5.41. The maximum absolute atomic E-state index is 12.3. The minimum absolute atomic E-state index is 0.152. The highest BCUT2D eigenvalue weighted by Crippen LogP contribution is 2.18. The molecule has 1 aliphatic heterocycles. The van der Waals surface area contributed by atoms with E-state index in [0.717, 1.165) is 30.6 Å².